The second kappa shape index (κ2) is 17.7. The second-order valence-corrected chi connectivity index (χ2v) is 32.0. The zero-order chi connectivity index (χ0) is 58.5. The lowest BCUT2D eigenvalue weighted by atomic mass is 9.33. The second-order valence-electron chi connectivity index (χ2n) is 32.0. The normalized spacial score (nSPS) is 22.8. The first-order chi connectivity index (χ1) is 39.0. The maximum Gasteiger partial charge on any atom is 0.252 e. The Kier molecular flexibility index (Phi) is 11.6. The monoisotopic (exact) mass is 1090 g/mol. The van der Waals surface area contributed by atoms with Gasteiger partial charge in [-0.25, -0.2) is 0 Å². The van der Waals surface area contributed by atoms with Gasteiger partial charge in [-0.3, -0.25) is 0 Å². The van der Waals surface area contributed by atoms with E-state index in [0.29, 0.717) is 0 Å². The molecule has 83 heavy (non-hydrogen) atoms. The molecule has 3 unspecified atom stereocenters. The van der Waals surface area contributed by atoms with Crippen molar-refractivity contribution in [2.75, 3.05) is 9.80 Å². The Hall–Kier alpha value is -6.58. The molecule has 14 rings (SSSR count). The molecule has 4 aliphatic carbocycles. The zero-order valence-corrected chi connectivity index (χ0v) is 53.2. The molecule has 2 aliphatic heterocycles. The Labute approximate surface area is 499 Å². The van der Waals surface area contributed by atoms with Crippen molar-refractivity contribution in [1.29, 1.82) is 0 Å². The lowest BCUT2D eigenvalue weighted by molar-refractivity contribution is 0.0924. The number of nitrogens with zero attached hydrogens (tertiary/aromatic N) is 2. The van der Waals surface area contributed by atoms with Crippen LogP contribution in [0.1, 0.15) is 211 Å². The molecule has 8 aromatic carbocycles. The maximum atomic E-state index is 2.81. The van der Waals surface area contributed by atoms with E-state index in [1.165, 1.54) is 149 Å². The summed E-state index contributed by atoms with van der Waals surface area (Å²) in [6.07, 6.45) is 7.10. The third kappa shape index (κ3) is 7.93. The summed E-state index contributed by atoms with van der Waals surface area (Å²) >= 11 is 0. The molecule has 6 aliphatic rings. The van der Waals surface area contributed by atoms with Gasteiger partial charge in [0.05, 0.1) is 5.69 Å². The van der Waals surface area contributed by atoms with Crippen molar-refractivity contribution in [3.8, 4) is 22.3 Å². The number of fused-ring (bicyclic) bond motifs is 9. The van der Waals surface area contributed by atoms with Crippen LogP contribution >= 0.6 is 0 Å². The van der Waals surface area contributed by atoms with Crippen molar-refractivity contribution >= 4 is 57.2 Å². The third-order valence-corrected chi connectivity index (χ3v) is 22.5. The number of hydrogen-bond acceptors (Lipinski definition) is 2. The van der Waals surface area contributed by atoms with Crippen LogP contribution in [0, 0.1) is 12.3 Å². The van der Waals surface area contributed by atoms with Gasteiger partial charge < -0.3 is 9.80 Å². The van der Waals surface area contributed by atoms with Crippen LogP contribution in [0.15, 0.2) is 152 Å². The number of hydrogen-bond donors (Lipinski definition) is 0. The van der Waals surface area contributed by atoms with Crippen molar-refractivity contribution in [2.24, 2.45) is 5.41 Å². The predicted molar refractivity (Wildman–Crippen MR) is 357 cm³/mol. The van der Waals surface area contributed by atoms with Crippen LogP contribution in [-0.2, 0) is 37.9 Å². The molecule has 8 aromatic rings. The van der Waals surface area contributed by atoms with Gasteiger partial charge in [0.15, 0.2) is 0 Å². The van der Waals surface area contributed by atoms with Crippen molar-refractivity contribution in [3.05, 3.63) is 207 Å². The quantitative estimate of drug-likeness (QED) is 0.159. The van der Waals surface area contributed by atoms with Gasteiger partial charge in [0.25, 0.3) is 6.71 Å². The Morgan fingerprint density at radius 3 is 1.43 bits per heavy atom. The van der Waals surface area contributed by atoms with Crippen LogP contribution in [0.4, 0.5) is 34.1 Å². The summed E-state index contributed by atoms with van der Waals surface area (Å²) in [4.78, 5) is 5.60. The van der Waals surface area contributed by atoms with E-state index in [1.54, 1.807) is 5.56 Å². The minimum absolute atomic E-state index is 0.00689. The smallest absolute Gasteiger partial charge is 0.252 e. The van der Waals surface area contributed by atoms with Gasteiger partial charge in [-0.05, 0) is 207 Å². The fourth-order valence-electron chi connectivity index (χ4n) is 18.5. The Morgan fingerprint density at radius 2 is 0.904 bits per heavy atom. The van der Waals surface area contributed by atoms with E-state index >= 15 is 0 Å². The number of rotatable bonds is 5. The fraction of sp³-hybridized carbons (Fsp3) is 0.400. The van der Waals surface area contributed by atoms with Crippen LogP contribution in [-0.4, -0.2) is 6.71 Å². The third-order valence-electron chi connectivity index (χ3n) is 22.5. The first kappa shape index (κ1) is 54.4. The Morgan fingerprint density at radius 1 is 0.422 bits per heavy atom. The summed E-state index contributed by atoms with van der Waals surface area (Å²) in [7, 11) is 0. The molecule has 2 nitrogen and oxygen atoms in total. The molecule has 0 radical (unpaired) electrons. The predicted octanol–water partition coefficient (Wildman–Crippen LogP) is 19.9. The molecule has 0 saturated heterocycles. The molecule has 1 fully saturated rings. The van der Waals surface area contributed by atoms with Crippen molar-refractivity contribution in [2.45, 2.75) is 200 Å². The number of benzene rings is 8. The highest BCUT2D eigenvalue weighted by Gasteiger charge is 2.60. The molecule has 422 valence electrons. The minimum Gasteiger partial charge on any atom is -0.311 e. The van der Waals surface area contributed by atoms with E-state index < -0.39 is 0 Å². The topological polar surface area (TPSA) is 6.48 Å². The summed E-state index contributed by atoms with van der Waals surface area (Å²) in [5.41, 5.74) is 31.7. The van der Waals surface area contributed by atoms with Crippen molar-refractivity contribution in [3.63, 3.8) is 0 Å². The molecule has 3 atom stereocenters. The fourth-order valence-corrected chi connectivity index (χ4v) is 18.5. The number of aryl methyl sites for hydroxylation is 1. The van der Waals surface area contributed by atoms with Crippen molar-refractivity contribution in [1.82, 2.24) is 0 Å². The van der Waals surface area contributed by atoms with Gasteiger partial charge in [-0.2, -0.15) is 0 Å². The average molecular weight is 1090 g/mol. The molecule has 0 amide bonds. The molecule has 1 saturated carbocycles. The SMILES string of the molecule is Cc1cc(C(C)(C)C)ccc1N1c2cc3c(cc2B2c4cc5c(cc4N(c4ccc(C(C)(C)C)cc4-c4ccccc4)c4cc(C6c7ccc(-c8ccccc8)cc7C7(C)CCCCC67C)cc1c42)C(C)(C)CC5(C)C)C(C)(C)CC3(C)C. The molecule has 3 heteroatoms. The largest absolute Gasteiger partial charge is 0.311 e. The van der Waals surface area contributed by atoms with E-state index in [2.05, 4.69) is 279 Å². The Balaban J connectivity index is 1.16. The van der Waals surface area contributed by atoms with Gasteiger partial charge in [0.1, 0.15) is 0 Å². The highest BCUT2D eigenvalue weighted by atomic mass is 15.2. The molecule has 0 bridgehead atoms. The molecular formula is C80H89BN2. The summed E-state index contributed by atoms with van der Waals surface area (Å²) in [6.45, 7) is 42.0. The standard InChI is InChI=1S/C80H89BN2/c1-49-38-54(73(2,3)4)31-34-65(49)82-67-45-61-59(75(8,9)47-77(61,12)13)43-63(67)81-64-44-60-62(78(14,15)48-76(60,10)11)46-68(64)83(66-35-32-55(74(5,6)7)42-57(66)51-28-22-19-23-29-51)70-41-53(40-69(82)72(70)81)71-56-33-30-52(50-26-20-18-21-27-50)39-58(56)79(16)36-24-25-37-80(71,79)17/h18-23,26-35,38-46,71H,24-25,36-37,47-48H2,1-17H3. The first-order valence-electron chi connectivity index (χ1n) is 31.7. The van der Waals surface area contributed by atoms with Gasteiger partial charge in [0, 0.05) is 39.9 Å². The summed E-state index contributed by atoms with van der Waals surface area (Å²) in [5, 5.41) is 0. The summed E-state index contributed by atoms with van der Waals surface area (Å²) < 4.78 is 0. The van der Waals surface area contributed by atoms with E-state index in [1.807, 2.05) is 0 Å². The van der Waals surface area contributed by atoms with E-state index in [4.69, 9.17) is 0 Å². The molecular weight excluding hydrogens is 1000 g/mol. The lowest BCUT2D eigenvalue weighted by Gasteiger charge is -2.50. The summed E-state index contributed by atoms with van der Waals surface area (Å²) in [6, 6.07) is 61.4. The molecule has 2 heterocycles. The van der Waals surface area contributed by atoms with Crippen LogP contribution in [0.3, 0.4) is 0 Å². The van der Waals surface area contributed by atoms with Crippen molar-refractivity contribution < 1.29 is 0 Å². The van der Waals surface area contributed by atoms with Gasteiger partial charge in [-0.1, -0.05) is 233 Å². The van der Waals surface area contributed by atoms with Crippen LogP contribution in [0.5, 0.6) is 0 Å². The molecule has 0 N–H and O–H groups in total. The van der Waals surface area contributed by atoms with Crippen LogP contribution in [0.2, 0.25) is 0 Å². The van der Waals surface area contributed by atoms with Crippen LogP contribution in [0.25, 0.3) is 22.3 Å². The maximum absolute atomic E-state index is 2.81. The van der Waals surface area contributed by atoms with Crippen LogP contribution < -0.4 is 26.2 Å². The summed E-state index contributed by atoms with van der Waals surface area (Å²) in [5.74, 6) is 0.167. The Bertz CT molecular complexity index is 4010. The van der Waals surface area contributed by atoms with E-state index in [-0.39, 0.29) is 56.0 Å². The van der Waals surface area contributed by atoms with E-state index in [9.17, 15) is 0 Å². The highest BCUT2D eigenvalue weighted by molar-refractivity contribution is 7.00. The molecule has 0 aromatic heterocycles. The number of anilines is 6. The van der Waals surface area contributed by atoms with E-state index in [0.717, 1.165) is 12.8 Å². The highest BCUT2D eigenvalue weighted by Crippen LogP contribution is 2.68. The first-order valence-corrected chi connectivity index (χ1v) is 31.7. The molecule has 0 spiro atoms. The van der Waals surface area contributed by atoms with Gasteiger partial charge in [0.2, 0.25) is 0 Å². The lowest BCUT2D eigenvalue weighted by Crippen LogP contribution is -2.62. The zero-order valence-electron chi connectivity index (χ0n) is 53.2. The van der Waals surface area contributed by atoms with Gasteiger partial charge in [-0.15, -0.1) is 0 Å². The minimum atomic E-state index is -0.0476. The average Bonchev–Trinajstić information content (AvgIpc) is 2.66. The van der Waals surface area contributed by atoms with Gasteiger partial charge >= 0.3 is 0 Å².